The third kappa shape index (κ3) is 4.25. The number of carbonyl (C=O) groups is 1. The highest BCUT2D eigenvalue weighted by Crippen LogP contribution is 2.30. The average molecular weight is 365 g/mol. The van der Waals surface area contributed by atoms with Crippen molar-refractivity contribution in [2.75, 3.05) is 13.2 Å². The molecule has 2 aromatic carbocycles. The molecule has 1 amide bonds. The number of benzene rings is 2. The van der Waals surface area contributed by atoms with E-state index in [1.54, 1.807) is 0 Å². The molecule has 3 aromatic rings. The Hall–Kier alpha value is -3.35. The first-order chi connectivity index (χ1) is 13.3. The quantitative estimate of drug-likeness (QED) is 0.723. The molecule has 0 fully saturated rings. The van der Waals surface area contributed by atoms with Gasteiger partial charge >= 0.3 is 0 Å². The second-order valence-corrected chi connectivity index (χ2v) is 6.17. The molecular formula is C20H19N3O4. The first-order valence-electron chi connectivity index (χ1n) is 8.81. The number of ether oxygens (including phenoxy) is 2. The van der Waals surface area contributed by atoms with Crippen molar-refractivity contribution in [3.8, 4) is 23.0 Å². The maximum Gasteiger partial charge on any atom is 0.247 e. The molecule has 7 nitrogen and oxygen atoms in total. The van der Waals surface area contributed by atoms with Crippen LogP contribution in [0.3, 0.4) is 0 Å². The molecule has 1 aliphatic heterocycles. The van der Waals surface area contributed by atoms with E-state index in [1.807, 2.05) is 54.6 Å². The van der Waals surface area contributed by atoms with Gasteiger partial charge in [-0.3, -0.25) is 4.79 Å². The molecule has 0 spiro atoms. The summed E-state index contributed by atoms with van der Waals surface area (Å²) in [6, 6.07) is 17.0. The number of hydrogen-bond donors (Lipinski definition) is 1. The van der Waals surface area contributed by atoms with E-state index in [-0.39, 0.29) is 18.4 Å². The monoisotopic (exact) mass is 365 g/mol. The van der Waals surface area contributed by atoms with Gasteiger partial charge in [0.05, 0.1) is 6.54 Å². The van der Waals surface area contributed by atoms with Gasteiger partial charge in [0.1, 0.15) is 12.7 Å². The lowest BCUT2D eigenvalue weighted by atomic mass is 10.2. The SMILES string of the molecule is O=C(CCc1nnc(-c2ccccc2)o1)NCC1COc2ccccc2O1. The number of rotatable bonds is 6. The third-order valence-corrected chi connectivity index (χ3v) is 4.15. The van der Waals surface area contributed by atoms with Crippen LogP contribution in [0.2, 0.25) is 0 Å². The highest BCUT2D eigenvalue weighted by Gasteiger charge is 2.21. The van der Waals surface area contributed by atoms with E-state index in [4.69, 9.17) is 13.9 Å². The molecule has 2 heterocycles. The summed E-state index contributed by atoms with van der Waals surface area (Å²) in [5.74, 6) is 2.22. The molecule has 1 atom stereocenters. The maximum atomic E-state index is 12.1. The van der Waals surface area contributed by atoms with E-state index in [0.717, 1.165) is 11.3 Å². The number of para-hydroxylation sites is 2. The number of carbonyl (C=O) groups excluding carboxylic acids is 1. The molecule has 27 heavy (non-hydrogen) atoms. The van der Waals surface area contributed by atoms with E-state index in [9.17, 15) is 4.79 Å². The van der Waals surface area contributed by atoms with Gasteiger partial charge in [-0.25, -0.2) is 0 Å². The van der Waals surface area contributed by atoms with Crippen LogP contribution in [-0.4, -0.2) is 35.4 Å². The number of nitrogens with zero attached hydrogens (tertiary/aromatic N) is 2. The van der Waals surface area contributed by atoms with Crippen molar-refractivity contribution in [1.29, 1.82) is 0 Å². The van der Waals surface area contributed by atoms with Gasteiger partial charge < -0.3 is 19.2 Å². The van der Waals surface area contributed by atoms with Crippen LogP contribution in [0.4, 0.5) is 0 Å². The Bertz CT molecular complexity index is 910. The van der Waals surface area contributed by atoms with Gasteiger partial charge in [-0.1, -0.05) is 30.3 Å². The summed E-state index contributed by atoms with van der Waals surface area (Å²) in [6.45, 7) is 0.785. The molecular weight excluding hydrogens is 346 g/mol. The standard InChI is InChI=1S/C20H19N3O4/c24-18(21-12-15-13-25-16-8-4-5-9-17(16)26-15)10-11-19-22-23-20(27-19)14-6-2-1-3-7-14/h1-9,15H,10-13H2,(H,21,24). The number of amides is 1. The van der Waals surface area contributed by atoms with Crippen molar-refractivity contribution in [2.24, 2.45) is 0 Å². The van der Waals surface area contributed by atoms with Crippen LogP contribution in [0.15, 0.2) is 59.0 Å². The van der Waals surface area contributed by atoms with Crippen LogP contribution < -0.4 is 14.8 Å². The van der Waals surface area contributed by atoms with Gasteiger partial charge in [0.25, 0.3) is 0 Å². The second-order valence-electron chi connectivity index (χ2n) is 6.17. The van der Waals surface area contributed by atoms with Crippen molar-refractivity contribution >= 4 is 5.91 Å². The predicted molar refractivity (Wildman–Crippen MR) is 97.4 cm³/mol. The van der Waals surface area contributed by atoms with Crippen LogP contribution >= 0.6 is 0 Å². The van der Waals surface area contributed by atoms with Gasteiger partial charge in [0, 0.05) is 18.4 Å². The van der Waals surface area contributed by atoms with Crippen LogP contribution in [0.1, 0.15) is 12.3 Å². The van der Waals surface area contributed by atoms with Gasteiger partial charge in [-0.05, 0) is 24.3 Å². The summed E-state index contributed by atoms with van der Waals surface area (Å²) in [4.78, 5) is 12.1. The van der Waals surface area contributed by atoms with Crippen molar-refractivity contribution in [1.82, 2.24) is 15.5 Å². The zero-order valence-corrected chi connectivity index (χ0v) is 14.6. The Labute approximate surface area is 156 Å². The highest BCUT2D eigenvalue weighted by molar-refractivity contribution is 5.76. The topological polar surface area (TPSA) is 86.5 Å². The van der Waals surface area contributed by atoms with Crippen LogP contribution in [-0.2, 0) is 11.2 Å². The lowest BCUT2D eigenvalue weighted by molar-refractivity contribution is -0.121. The van der Waals surface area contributed by atoms with Gasteiger partial charge in [-0.15, -0.1) is 10.2 Å². The van der Waals surface area contributed by atoms with Crippen molar-refractivity contribution in [3.05, 3.63) is 60.5 Å². The van der Waals surface area contributed by atoms with E-state index >= 15 is 0 Å². The lowest BCUT2D eigenvalue weighted by Crippen LogP contribution is -2.40. The normalized spacial score (nSPS) is 15.3. The first kappa shape index (κ1) is 17.1. The Morgan fingerprint density at radius 3 is 2.67 bits per heavy atom. The molecule has 0 aliphatic carbocycles. The fourth-order valence-corrected chi connectivity index (χ4v) is 2.75. The number of nitrogens with one attached hydrogen (secondary N) is 1. The molecule has 1 N–H and O–H groups in total. The van der Waals surface area contributed by atoms with Crippen LogP contribution in [0.25, 0.3) is 11.5 Å². The number of aryl methyl sites for hydroxylation is 1. The minimum Gasteiger partial charge on any atom is -0.486 e. The molecule has 7 heteroatoms. The largest absolute Gasteiger partial charge is 0.486 e. The molecule has 0 saturated heterocycles. The third-order valence-electron chi connectivity index (χ3n) is 4.15. The van der Waals surface area contributed by atoms with Crippen LogP contribution in [0, 0.1) is 0 Å². The molecule has 1 aliphatic rings. The summed E-state index contributed by atoms with van der Waals surface area (Å²) in [5.41, 5.74) is 0.857. The molecule has 0 saturated carbocycles. The molecule has 0 radical (unpaired) electrons. The van der Waals surface area contributed by atoms with Crippen molar-refractivity contribution in [2.45, 2.75) is 18.9 Å². The van der Waals surface area contributed by atoms with Crippen LogP contribution in [0.5, 0.6) is 11.5 Å². The lowest BCUT2D eigenvalue weighted by Gasteiger charge is -2.26. The Balaban J connectivity index is 1.23. The minimum absolute atomic E-state index is 0.100. The Morgan fingerprint density at radius 1 is 1.04 bits per heavy atom. The maximum absolute atomic E-state index is 12.1. The Kier molecular flexibility index (Phi) is 5.00. The second kappa shape index (κ2) is 7.90. The summed E-state index contributed by atoms with van der Waals surface area (Å²) in [7, 11) is 0. The number of aromatic nitrogens is 2. The van der Waals surface area contributed by atoms with E-state index in [2.05, 4.69) is 15.5 Å². The summed E-state index contributed by atoms with van der Waals surface area (Å²) in [6.07, 6.45) is 0.439. The summed E-state index contributed by atoms with van der Waals surface area (Å²) < 4.78 is 17.1. The molecule has 138 valence electrons. The minimum atomic E-state index is -0.211. The predicted octanol–water partition coefficient (Wildman–Crippen LogP) is 2.63. The molecule has 1 aromatic heterocycles. The van der Waals surface area contributed by atoms with Gasteiger partial charge in [-0.2, -0.15) is 0 Å². The van der Waals surface area contributed by atoms with Gasteiger partial charge in [0.15, 0.2) is 11.5 Å². The zero-order valence-electron chi connectivity index (χ0n) is 14.6. The molecule has 1 unspecified atom stereocenters. The summed E-state index contributed by atoms with van der Waals surface area (Å²) in [5, 5.41) is 10.9. The van der Waals surface area contributed by atoms with E-state index in [0.29, 0.717) is 37.1 Å². The Morgan fingerprint density at radius 2 is 1.81 bits per heavy atom. The fraction of sp³-hybridized carbons (Fsp3) is 0.250. The van der Waals surface area contributed by atoms with E-state index < -0.39 is 0 Å². The van der Waals surface area contributed by atoms with Crippen molar-refractivity contribution in [3.63, 3.8) is 0 Å². The van der Waals surface area contributed by atoms with Gasteiger partial charge in [0.2, 0.25) is 17.7 Å². The first-order valence-corrected chi connectivity index (χ1v) is 8.81. The molecule has 0 bridgehead atoms. The zero-order chi connectivity index (χ0) is 18.5. The number of hydrogen-bond acceptors (Lipinski definition) is 6. The highest BCUT2D eigenvalue weighted by atomic mass is 16.6. The number of fused-ring (bicyclic) bond motifs is 1. The fourth-order valence-electron chi connectivity index (χ4n) is 2.75. The smallest absolute Gasteiger partial charge is 0.247 e. The molecule has 4 rings (SSSR count). The summed E-state index contributed by atoms with van der Waals surface area (Å²) >= 11 is 0. The van der Waals surface area contributed by atoms with Crippen molar-refractivity contribution < 1.29 is 18.7 Å². The average Bonchev–Trinajstić information content (AvgIpc) is 3.20. The van der Waals surface area contributed by atoms with E-state index in [1.165, 1.54) is 0 Å².